The first-order valence-corrected chi connectivity index (χ1v) is 6.52. The number of carboxylic acids is 1. The minimum Gasteiger partial charge on any atom is -0.480 e. The summed E-state index contributed by atoms with van der Waals surface area (Å²) in [5, 5.41) is 9.18. The molecule has 5 heteroatoms. The Morgan fingerprint density at radius 1 is 1.44 bits per heavy atom. The molecule has 0 aromatic heterocycles. The van der Waals surface area contributed by atoms with Crippen molar-refractivity contribution < 1.29 is 14.7 Å². The summed E-state index contributed by atoms with van der Waals surface area (Å²) in [4.78, 5) is 24.8. The van der Waals surface area contributed by atoms with E-state index in [4.69, 9.17) is 5.73 Å². The molecule has 18 heavy (non-hydrogen) atoms. The molecule has 1 saturated heterocycles. The van der Waals surface area contributed by atoms with E-state index in [0.717, 1.165) is 6.42 Å². The molecular weight excluding hydrogens is 232 g/mol. The zero-order chi connectivity index (χ0) is 13.9. The predicted molar refractivity (Wildman–Crippen MR) is 69.0 cm³/mol. The molecule has 1 amide bonds. The summed E-state index contributed by atoms with van der Waals surface area (Å²) in [6, 6.07) is -0.665. The van der Waals surface area contributed by atoms with Crippen molar-refractivity contribution in [3.8, 4) is 0 Å². The summed E-state index contributed by atoms with van der Waals surface area (Å²) in [5.41, 5.74) is 5.45. The fourth-order valence-corrected chi connectivity index (χ4v) is 2.25. The maximum Gasteiger partial charge on any atom is 0.326 e. The lowest BCUT2D eigenvalue weighted by Crippen LogP contribution is -2.50. The largest absolute Gasteiger partial charge is 0.480 e. The summed E-state index contributed by atoms with van der Waals surface area (Å²) in [5.74, 6) is -0.629. The van der Waals surface area contributed by atoms with Crippen LogP contribution in [-0.2, 0) is 9.59 Å². The number of carbonyl (C=O) groups is 2. The second kappa shape index (κ2) is 5.69. The van der Waals surface area contributed by atoms with Gasteiger partial charge in [-0.15, -0.1) is 0 Å². The standard InChI is InChI=1S/C13H24N2O3/c1-9-5-7-15(10(8-9)12(17)18)11(16)4-6-13(2,3)14/h9-10H,4-8,14H2,1-3H3,(H,17,18). The minimum atomic E-state index is -0.901. The number of amides is 1. The van der Waals surface area contributed by atoms with Crippen molar-refractivity contribution in [1.29, 1.82) is 0 Å². The Kier molecular flexibility index (Phi) is 4.73. The number of carbonyl (C=O) groups excluding carboxylic acids is 1. The van der Waals surface area contributed by atoms with E-state index < -0.39 is 17.6 Å². The monoisotopic (exact) mass is 256 g/mol. The lowest BCUT2D eigenvalue weighted by molar-refractivity contribution is -0.153. The molecular formula is C13H24N2O3. The molecule has 5 nitrogen and oxygen atoms in total. The second-order valence-corrected chi connectivity index (χ2v) is 6.06. The van der Waals surface area contributed by atoms with Crippen molar-refractivity contribution in [2.45, 2.75) is 58.0 Å². The summed E-state index contributed by atoms with van der Waals surface area (Å²) < 4.78 is 0. The quantitative estimate of drug-likeness (QED) is 0.792. The molecule has 0 aromatic rings. The van der Waals surface area contributed by atoms with Gasteiger partial charge in [0.25, 0.3) is 0 Å². The van der Waals surface area contributed by atoms with Gasteiger partial charge in [-0.2, -0.15) is 0 Å². The molecule has 0 saturated carbocycles. The van der Waals surface area contributed by atoms with Gasteiger partial charge in [-0.25, -0.2) is 4.79 Å². The highest BCUT2D eigenvalue weighted by Gasteiger charge is 2.34. The lowest BCUT2D eigenvalue weighted by Gasteiger charge is -2.36. The number of rotatable bonds is 4. The first-order chi connectivity index (χ1) is 8.20. The number of likely N-dealkylation sites (tertiary alicyclic amines) is 1. The molecule has 1 rings (SSSR count). The number of hydrogen-bond donors (Lipinski definition) is 2. The van der Waals surface area contributed by atoms with Crippen LogP contribution < -0.4 is 5.73 Å². The number of piperidine rings is 1. The van der Waals surface area contributed by atoms with Crippen LogP contribution in [-0.4, -0.2) is 40.0 Å². The van der Waals surface area contributed by atoms with E-state index in [0.29, 0.717) is 31.7 Å². The van der Waals surface area contributed by atoms with Gasteiger partial charge in [0.05, 0.1) is 0 Å². The maximum atomic E-state index is 12.1. The van der Waals surface area contributed by atoms with E-state index in [9.17, 15) is 14.7 Å². The Morgan fingerprint density at radius 3 is 2.56 bits per heavy atom. The van der Waals surface area contributed by atoms with Gasteiger partial charge in [0.2, 0.25) is 5.91 Å². The Bertz CT molecular complexity index is 323. The molecule has 1 aliphatic heterocycles. The van der Waals surface area contributed by atoms with Crippen LogP contribution in [0.15, 0.2) is 0 Å². The lowest BCUT2D eigenvalue weighted by atomic mass is 9.91. The highest BCUT2D eigenvalue weighted by molar-refractivity contribution is 5.83. The average molecular weight is 256 g/mol. The van der Waals surface area contributed by atoms with E-state index in [1.165, 1.54) is 4.90 Å². The topological polar surface area (TPSA) is 83.6 Å². The van der Waals surface area contributed by atoms with Gasteiger partial charge < -0.3 is 15.7 Å². The third-order valence-electron chi connectivity index (χ3n) is 3.45. The van der Waals surface area contributed by atoms with Crippen molar-refractivity contribution >= 4 is 11.9 Å². The van der Waals surface area contributed by atoms with Crippen molar-refractivity contribution in [1.82, 2.24) is 4.90 Å². The first-order valence-electron chi connectivity index (χ1n) is 6.52. The Hall–Kier alpha value is -1.10. The molecule has 0 spiro atoms. The summed E-state index contributed by atoms with van der Waals surface area (Å²) in [6.07, 6.45) is 2.32. The Labute approximate surface area is 108 Å². The Morgan fingerprint density at radius 2 is 2.06 bits per heavy atom. The number of nitrogens with two attached hydrogens (primary N) is 1. The van der Waals surface area contributed by atoms with Crippen LogP contribution in [0.25, 0.3) is 0 Å². The van der Waals surface area contributed by atoms with Crippen LogP contribution in [0.4, 0.5) is 0 Å². The molecule has 0 aromatic carbocycles. The van der Waals surface area contributed by atoms with E-state index in [-0.39, 0.29) is 5.91 Å². The zero-order valence-corrected chi connectivity index (χ0v) is 11.5. The zero-order valence-electron chi connectivity index (χ0n) is 11.5. The van der Waals surface area contributed by atoms with Gasteiger partial charge in [-0.05, 0) is 39.0 Å². The Balaban J connectivity index is 2.62. The first kappa shape index (κ1) is 15.0. The number of aliphatic carboxylic acids is 1. The van der Waals surface area contributed by atoms with Crippen LogP contribution in [0.3, 0.4) is 0 Å². The maximum absolute atomic E-state index is 12.1. The number of carboxylic acid groups (broad SMARTS) is 1. The SMILES string of the molecule is CC1CCN(C(=O)CCC(C)(C)N)C(C(=O)O)C1. The van der Waals surface area contributed by atoms with Gasteiger partial charge >= 0.3 is 5.97 Å². The van der Waals surface area contributed by atoms with Gasteiger partial charge in [0.15, 0.2) is 0 Å². The minimum absolute atomic E-state index is 0.0900. The molecule has 0 aliphatic carbocycles. The van der Waals surface area contributed by atoms with Crippen LogP contribution in [0.5, 0.6) is 0 Å². The summed E-state index contributed by atoms with van der Waals surface area (Å²) in [7, 11) is 0. The highest BCUT2D eigenvalue weighted by Crippen LogP contribution is 2.24. The molecule has 0 radical (unpaired) electrons. The summed E-state index contributed by atoms with van der Waals surface area (Å²) >= 11 is 0. The van der Waals surface area contributed by atoms with Crippen molar-refractivity contribution in [2.75, 3.05) is 6.54 Å². The van der Waals surface area contributed by atoms with Crippen LogP contribution >= 0.6 is 0 Å². The van der Waals surface area contributed by atoms with Crippen molar-refractivity contribution in [2.24, 2.45) is 11.7 Å². The number of nitrogens with zero attached hydrogens (tertiary/aromatic N) is 1. The normalized spacial score (nSPS) is 25.0. The molecule has 2 unspecified atom stereocenters. The molecule has 1 fully saturated rings. The van der Waals surface area contributed by atoms with Gasteiger partial charge in [-0.1, -0.05) is 6.92 Å². The molecule has 0 bridgehead atoms. The van der Waals surface area contributed by atoms with Crippen LogP contribution in [0, 0.1) is 5.92 Å². The van der Waals surface area contributed by atoms with Crippen LogP contribution in [0.1, 0.15) is 46.5 Å². The summed E-state index contributed by atoms with van der Waals surface area (Å²) in [6.45, 7) is 6.31. The molecule has 2 atom stereocenters. The fraction of sp³-hybridized carbons (Fsp3) is 0.846. The van der Waals surface area contributed by atoms with Gasteiger partial charge in [0, 0.05) is 18.5 Å². The fourth-order valence-electron chi connectivity index (χ4n) is 2.25. The second-order valence-electron chi connectivity index (χ2n) is 6.06. The molecule has 104 valence electrons. The molecule has 1 aliphatic rings. The van der Waals surface area contributed by atoms with Gasteiger partial charge in [-0.3, -0.25) is 4.79 Å². The predicted octanol–water partition coefficient (Wildman–Crippen LogP) is 1.22. The van der Waals surface area contributed by atoms with Crippen molar-refractivity contribution in [3.63, 3.8) is 0 Å². The van der Waals surface area contributed by atoms with E-state index in [1.807, 2.05) is 20.8 Å². The average Bonchev–Trinajstić information content (AvgIpc) is 2.24. The number of hydrogen-bond acceptors (Lipinski definition) is 3. The van der Waals surface area contributed by atoms with E-state index >= 15 is 0 Å². The third kappa shape index (κ3) is 4.29. The van der Waals surface area contributed by atoms with Crippen molar-refractivity contribution in [3.05, 3.63) is 0 Å². The van der Waals surface area contributed by atoms with E-state index in [2.05, 4.69) is 0 Å². The van der Waals surface area contributed by atoms with E-state index in [1.54, 1.807) is 0 Å². The third-order valence-corrected chi connectivity index (χ3v) is 3.45. The molecule has 3 N–H and O–H groups in total. The van der Waals surface area contributed by atoms with Crippen LogP contribution in [0.2, 0.25) is 0 Å². The van der Waals surface area contributed by atoms with Gasteiger partial charge in [0.1, 0.15) is 6.04 Å². The smallest absolute Gasteiger partial charge is 0.326 e. The highest BCUT2D eigenvalue weighted by atomic mass is 16.4. The molecule has 1 heterocycles.